The Morgan fingerprint density at radius 2 is 2.00 bits per heavy atom. The van der Waals surface area contributed by atoms with Crippen LogP contribution in [0.3, 0.4) is 0 Å². The lowest BCUT2D eigenvalue weighted by molar-refractivity contribution is 0.628. The molecule has 2 rings (SSSR count). The summed E-state index contributed by atoms with van der Waals surface area (Å²) in [4.78, 5) is 8.77. The van der Waals surface area contributed by atoms with Crippen LogP contribution in [0.2, 0.25) is 0 Å². The normalized spacial score (nSPS) is 10.3. The number of hydrogen-bond acceptors (Lipinski definition) is 6. The molecule has 1 heterocycles. The van der Waals surface area contributed by atoms with E-state index in [2.05, 4.69) is 26.9 Å². The third kappa shape index (κ3) is 4.53. The van der Waals surface area contributed by atoms with Crippen LogP contribution in [-0.2, 0) is 0 Å². The first-order chi connectivity index (χ1) is 11.4. The molecule has 0 fully saturated rings. The van der Waals surface area contributed by atoms with E-state index in [1.54, 1.807) is 12.1 Å². The second-order valence-electron chi connectivity index (χ2n) is 4.98. The van der Waals surface area contributed by atoms with Crippen LogP contribution in [0.15, 0.2) is 29.4 Å². The fraction of sp³-hybridized carbons (Fsp3) is 0.200. The maximum atomic E-state index is 13.2. The maximum Gasteiger partial charge on any atom is 0.190 e. The minimum absolute atomic E-state index is 0.0129. The van der Waals surface area contributed by atoms with Gasteiger partial charge in [-0.05, 0) is 36.5 Å². The highest BCUT2D eigenvalue weighted by Gasteiger charge is 2.17. The Morgan fingerprint density at radius 3 is 2.54 bits per heavy atom. The lowest BCUT2D eigenvalue weighted by Gasteiger charge is -2.14. The van der Waals surface area contributed by atoms with Crippen molar-refractivity contribution in [2.24, 2.45) is 5.73 Å². The van der Waals surface area contributed by atoms with E-state index in [4.69, 9.17) is 18.0 Å². The number of benzene rings is 1. The summed E-state index contributed by atoms with van der Waals surface area (Å²) >= 11 is 6.19. The molecule has 0 bridgehead atoms. The average molecular weight is 362 g/mol. The van der Waals surface area contributed by atoms with Crippen molar-refractivity contribution in [2.45, 2.75) is 24.3 Å². The highest BCUT2D eigenvalue weighted by molar-refractivity contribution is 7.99. The Bertz CT molecular complexity index is 786. The number of halogens is 1. The van der Waals surface area contributed by atoms with E-state index >= 15 is 0 Å². The van der Waals surface area contributed by atoms with E-state index in [1.165, 1.54) is 23.9 Å². The molecule has 0 unspecified atom stereocenters. The second-order valence-corrected chi connectivity index (χ2v) is 6.96. The quantitative estimate of drug-likeness (QED) is 0.323. The van der Waals surface area contributed by atoms with Gasteiger partial charge in [-0.25, -0.2) is 14.4 Å². The van der Waals surface area contributed by atoms with Gasteiger partial charge in [0.25, 0.3) is 0 Å². The zero-order valence-electron chi connectivity index (χ0n) is 13.0. The highest BCUT2D eigenvalue weighted by atomic mass is 32.2. The molecule has 0 saturated heterocycles. The molecule has 0 amide bonds. The lowest BCUT2D eigenvalue weighted by Crippen LogP contribution is -2.34. The van der Waals surface area contributed by atoms with E-state index in [-0.39, 0.29) is 27.6 Å². The predicted octanol–water partition coefficient (Wildman–Crippen LogP) is 2.81. The molecule has 0 aliphatic carbocycles. The molecule has 0 atom stereocenters. The number of thioether (sulfide) groups is 1. The summed E-state index contributed by atoms with van der Waals surface area (Å²) in [5.74, 6) is -0.112. The minimum Gasteiger partial charge on any atom is -0.375 e. The van der Waals surface area contributed by atoms with Crippen LogP contribution in [0.4, 0.5) is 10.2 Å². The molecule has 6 nitrogen and oxygen atoms in total. The monoisotopic (exact) mass is 362 g/mol. The standard InChI is InChI=1S/C15H15FN6S2/c1-8(2)24-15-19-12(9-3-5-10(16)6-4-9)11(7-17)13(20-15)21-22-14(18)23/h3-6,8H,1-2H3,(H3,18,22,23)(H,19,20,21). The molecule has 2 aromatic rings. The van der Waals surface area contributed by atoms with Crippen molar-refractivity contribution in [3.05, 3.63) is 35.6 Å². The number of nitrogens with one attached hydrogen (secondary N) is 2. The van der Waals surface area contributed by atoms with Gasteiger partial charge >= 0.3 is 0 Å². The van der Waals surface area contributed by atoms with Crippen molar-refractivity contribution >= 4 is 34.9 Å². The molecule has 124 valence electrons. The van der Waals surface area contributed by atoms with Gasteiger partial charge in [0, 0.05) is 10.8 Å². The molecule has 1 aromatic heterocycles. The van der Waals surface area contributed by atoms with Crippen molar-refractivity contribution < 1.29 is 4.39 Å². The number of nitriles is 1. The number of aromatic nitrogens is 2. The second kappa shape index (κ2) is 7.90. The van der Waals surface area contributed by atoms with Crippen LogP contribution in [0.25, 0.3) is 11.3 Å². The van der Waals surface area contributed by atoms with Crippen LogP contribution in [-0.4, -0.2) is 20.3 Å². The Hall–Kier alpha value is -2.44. The summed E-state index contributed by atoms with van der Waals surface area (Å²) in [7, 11) is 0. The SMILES string of the molecule is CC(C)Sc1nc(NNC(N)=S)c(C#N)c(-c2ccc(F)cc2)n1. The molecular formula is C15H15FN6S2. The Labute approximate surface area is 148 Å². The first kappa shape index (κ1) is 17.9. The van der Waals surface area contributed by atoms with E-state index in [0.717, 1.165) is 0 Å². The third-order valence-corrected chi connectivity index (χ3v) is 3.73. The van der Waals surface area contributed by atoms with Gasteiger partial charge in [-0.1, -0.05) is 25.6 Å². The maximum absolute atomic E-state index is 13.2. The smallest absolute Gasteiger partial charge is 0.190 e. The summed E-state index contributed by atoms with van der Waals surface area (Å²) in [5, 5.41) is 10.3. The fourth-order valence-electron chi connectivity index (χ4n) is 1.84. The van der Waals surface area contributed by atoms with Crippen molar-refractivity contribution in [1.82, 2.24) is 15.4 Å². The van der Waals surface area contributed by atoms with Crippen molar-refractivity contribution in [1.29, 1.82) is 5.26 Å². The Balaban J connectivity index is 2.57. The summed E-state index contributed by atoms with van der Waals surface area (Å²) in [6.45, 7) is 4.01. The predicted molar refractivity (Wildman–Crippen MR) is 96.7 cm³/mol. The van der Waals surface area contributed by atoms with Crippen molar-refractivity contribution in [3.63, 3.8) is 0 Å². The number of anilines is 1. The number of thiocarbonyl (C=S) groups is 1. The van der Waals surface area contributed by atoms with Crippen LogP contribution < -0.4 is 16.6 Å². The average Bonchev–Trinajstić information content (AvgIpc) is 2.52. The number of hydrazine groups is 1. The molecule has 24 heavy (non-hydrogen) atoms. The van der Waals surface area contributed by atoms with E-state index in [9.17, 15) is 9.65 Å². The molecule has 0 aliphatic heterocycles. The van der Waals surface area contributed by atoms with Crippen LogP contribution >= 0.6 is 24.0 Å². The number of nitrogens with two attached hydrogens (primary N) is 1. The summed E-state index contributed by atoms with van der Waals surface area (Å²) in [6.07, 6.45) is 0. The summed E-state index contributed by atoms with van der Waals surface area (Å²) in [5.41, 5.74) is 11.9. The Kier molecular flexibility index (Phi) is 5.89. The molecule has 0 radical (unpaired) electrons. The van der Waals surface area contributed by atoms with E-state index in [1.807, 2.05) is 13.8 Å². The number of rotatable bonds is 5. The molecule has 1 aromatic carbocycles. The van der Waals surface area contributed by atoms with E-state index < -0.39 is 0 Å². The minimum atomic E-state index is -0.364. The fourth-order valence-corrected chi connectivity index (χ4v) is 2.60. The van der Waals surface area contributed by atoms with Gasteiger partial charge in [-0.15, -0.1) is 0 Å². The first-order valence-electron chi connectivity index (χ1n) is 6.97. The van der Waals surface area contributed by atoms with Gasteiger partial charge in [0.1, 0.15) is 17.4 Å². The molecule has 0 saturated carbocycles. The summed E-state index contributed by atoms with van der Waals surface area (Å²) in [6, 6.07) is 7.82. The van der Waals surface area contributed by atoms with Crippen LogP contribution in [0, 0.1) is 17.1 Å². The van der Waals surface area contributed by atoms with E-state index in [0.29, 0.717) is 16.4 Å². The molecular weight excluding hydrogens is 347 g/mol. The third-order valence-electron chi connectivity index (χ3n) is 2.76. The molecule has 0 spiro atoms. The van der Waals surface area contributed by atoms with Gasteiger partial charge in [0.2, 0.25) is 0 Å². The first-order valence-corrected chi connectivity index (χ1v) is 8.25. The van der Waals surface area contributed by atoms with Gasteiger partial charge in [0.05, 0.1) is 5.69 Å². The van der Waals surface area contributed by atoms with Crippen molar-refractivity contribution in [3.8, 4) is 17.3 Å². The van der Waals surface area contributed by atoms with Gasteiger partial charge < -0.3 is 5.73 Å². The largest absolute Gasteiger partial charge is 0.375 e. The van der Waals surface area contributed by atoms with Crippen LogP contribution in [0.5, 0.6) is 0 Å². The van der Waals surface area contributed by atoms with Crippen molar-refractivity contribution in [2.75, 3.05) is 5.43 Å². The van der Waals surface area contributed by atoms with Gasteiger partial charge in [0.15, 0.2) is 16.1 Å². The van der Waals surface area contributed by atoms with Gasteiger partial charge in [-0.2, -0.15) is 5.26 Å². The Morgan fingerprint density at radius 1 is 1.33 bits per heavy atom. The molecule has 9 heteroatoms. The zero-order chi connectivity index (χ0) is 17.7. The summed E-state index contributed by atoms with van der Waals surface area (Å²) < 4.78 is 13.2. The van der Waals surface area contributed by atoms with Crippen LogP contribution in [0.1, 0.15) is 19.4 Å². The van der Waals surface area contributed by atoms with Gasteiger partial charge in [-0.3, -0.25) is 10.9 Å². The topological polar surface area (TPSA) is 99.6 Å². The number of nitrogens with zero attached hydrogens (tertiary/aromatic N) is 3. The molecule has 4 N–H and O–H groups in total. The number of hydrogen-bond donors (Lipinski definition) is 3. The highest BCUT2D eigenvalue weighted by Crippen LogP contribution is 2.30. The molecule has 0 aliphatic rings. The lowest BCUT2D eigenvalue weighted by atomic mass is 10.1. The zero-order valence-corrected chi connectivity index (χ0v) is 14.6.